The lowest BCUT2D eigenvalue weighted by atomic mass is 10.0. The Bertz CT molecular complexity index is 800. The van der Waals surface area contributed by atoms with Gasteiger partial charge in [0.25, 0.3) is 0 Å². The number of likely N-dealkylation sites (tertiary alicyclic amines) is 1. The average Bonchev–Trinajstić information content (AvgIpc) is 3.06. The lowest BCUT2D eigenvalue weighted by molar-refractivity contribution is -0.132. The van der Waals surface area contributed by atoms with Gasteiger partial charge in [-0.05, 0) is 49.9 Å². The molecule has 1 saturated heterocycles. The molecule has 1 amide bonds. The second kappa shape index (κ2) is 9.22. The Kier molecular flexibility index (Phi) is 6.71. The Hall–Kier alpha value is -2.36. The highest BCUT2D eigenvalue weighted by atomic mass is 32.2. The number of hydrogen-bond donors (Lipinski definition) is 1. The van der Waals surface area contributed by atoms with E-state index >= 15 is 0 Å². The molecular weight excluding hydrogens is 388 g/mol. The molecule has 1 aliphatic rings. The lowest BCUT2D eigenvalue weighted by Gasteiger charge is -2.35. The number of carbonyl (C=O) groups excluding carboxylic acids is 1. The third-order valence-electron chi connectivity index (χ3n) is 4.75. The zero-order chi connectivity index (χ0) is 20.1. The average molecular weight is 411 g/mol. The van der Waals surface area contributed by atoms with Gasteiger partial charge in [-0.25, -0.2) is 4.68 Å². The molecule has 2 aromatic rings. The van der Waals surface area contributed by atoms with Crippen LogP contribution in [0.2, 0.25) is 0 Å². The van der Waals surface area contributed by atoms with Gasteiger partial charge < -0.3 is 15.5 Å². The number of aromatic nitrogens is 3. The van der Waals surface area contributed by atoms with Gasteiger partial charge >= 0.3 is 6.61 Å². The highest BCUT2D eigenvalue weighted by molar-refractivity contribution is 7.99. The molecule has 2 heterocycles. The number of amides is 1. The molecule has 1 aromatic carbocycles. The number of halogens is 2. The van der Waals surface area contributed by atoms with E-state index in [4.69, 9.17) is 5.84 Å². The molecule has 0 radical (unpaired) electrons. The number of nitrogens with zero attached hydrogens (tertiary/aromatic N) is 4. The van der Waals surface area contributed by atoms with Crippen LogP contribution in [0.15, 0.2) is 29.4 Å². The third kappa shape index (κ3) is 4.73. The Labute approximate surface area is 166 Å². The van der Waals surface area contributed by atoms with Crippen molar-refractivity contribution in [2.24, 2.45) is 0 Å². The molecular formula is C18H23F2N5O2S. The van der Waals surface area contributed by atoms with Gasteiger partial charge in [0.1, 0.15) is 5.75 Å². The molecule has 3 rings (SSSR count). The maximum atomic E-state index is 12.6. The van der Waals surface area contributed by atoms with Crippen molar-refractivity contribution < 1.29 is 18.3 Å². The molecule has 7 nitrogen and oxygen atoms in total. The summed E-state index contributed by atoms with van der Waals surface area (Å²) in [5, 5.41) is 8.52. The molecule has 2 N–H and O–H groups in total. The molecule has 0 bridgehead atoms. The molecule has 1 atom stereocenters. The monoisotopic (exact) mass is 411 g/mol. The number of thioether (sulfide) groups is 1. The fourth-order valence-electron chi connectivity index (χ4n) is 3.32. The van der Waals surface area contributed by atoms with E-state index in [1.54, 1.807) is 12.1 Å². The maximum Gasteiger partial charge on any atom is 0.387 e. The molecule has 10 heteroatoms. The van der Waals surface area contributed by atoms with E-state index in [0.29, 0.717) is 22.6 Å². The van der Waals surface area contributed by atoms with Crippen molar-refractivity contribution in [3.05, 3.63) is 24.3 Å². The SMILES string of the molecule is CCC1CCCCN1C(=O)CSc1nnc(-c2ccc(OC(F)F)cc2)n1N. The molecule has 0 spiro atoms. The molecule has 1 aromatic heterocycles. The van der Waals surface area contributed by atoms with Crippen LogP contribution in [0, 0.1) is 0 Å². The number of ether oxygens (including phenoxy) is 1. The fraction of sp³-hybridized carbons (Fsp3) is 0.500. The van der Waals surface area contributed by atoms with Crippen molar-refractivity contribution >= 4 is 17.7 Å². The second-order valence-electron chi connectivity index (χ2n) is 6.51. The van der Waals surface area contributed by atoms with Gasteiger partial charge in [-0.1, -0.05) is 18.7 Å². The van der Waals surface area contributed by atoms with E-state index < -0.39 is 6.61 Å². The summed E-state index contributed by atoms with van der Waals surface area (Å²) in [6.45, 7) is 0.0201. The van der Waals surface area contributed by atoms with Gasteiger partial charge in [-0.15, -0.1) is 10.2 Å². The van der Waals surface area contributed by atoms with E-state index in [2.05, 4.69) is 21.9 Å². The summed E-state index contributed by atoms with van der Waals surface area (Å²) in [5.74, 6) is 6.82. The molecule has 1 fully saturated rings. The summed E-state index contributed by atoms with van der Waals surface area (Å²) in [7, 11) is 0. The number of rotatable bonds is 7. The fourth-order valence-corrected chi connectivity index (χ4v) is 4.06. The van der Waals surface area contributed by atoms with Crippen LogP contribution in [0.1, 0.15) is 32.6 Å². The zero-order valence-electron chi connectivity index (χ0n) is 15.6. The number of nitrogens with two attached hydrogens (primary N) is 1. The maximum absolute atomic E-state index is 12.6. The minimum absolute atomic E-state index is 0.0500. The van der Waals surface area contributed by atoms with E-state index in [0.717, 1.165) is 32.2 Å². The summed E-state index contributed by atoms with van der Waals surface area (Å²) in [4.78, 5) is 14.5. The van der Waals surface area contributed by atoms with Gasteiger partial charge in [-0.3, -0.25) is 4.79 Å². The Morgan fingerprint density at radius 2 is 2.07 bits per heavy atom. The number of alkyl halides is 2. The van der Waals surface area contributed by atoms with Crippen LogP contribution in [0.5, 0.6) is 5.75 Å². The van der Waals surface area contributed by atoms with Gasteiger partial charge in [0.15, 0.2) is 5.82 Å². The van der Waals surface area contributed by atoms with Crippen LogP contribution >= 0.6 is 11.8 Å². The van der Waals surface area contributed by atoms with Crippen LogP contribution in [0.4, 0.5) is 8.78 Å². The van der Waals surface area contributed by atoms with Crippen molar-refractivity contribution in [2.75, 3.05) is 18.1 Å². The lowest BCUT2D eigenvalue weighted by Crippen LogP contribution is -2.44. The number of nitrogen functional groups attached to an aromatic ring is 1. The summed E-state index contributed by atoms with van der Waals surface area (Å²) in [6, 6.07) is 6.28. The zero-order valence-corrected chi connectivity index (χ0v) is 16.4. The largest absolute Gasteiger partial charge is 0.435 e. The van der Waals surface area contributed by atoms with E-state index in [1.165, 1.54) is 28.6 Å². The summed E-state index contributed by atoms with van der Waals surface area (Å²) >= 11 is 1.24. The molecule has 0 saturated carbocycles. The molecule has 1 aliphatic heterocycles. The summed E-state index contributed by atoms with van der Waals surface area (Å²) < 4.78 is 30.1. The van der Waals surface area contributed by atoms with Crippen LogP contribution in [-0.2, 0) is 4.79 Å². The van der Waals surface area contributed by atoms with Crippen molar-refractivity contribution in [2.45, 2.75) is 50.4 Å². The number of piperidine rings is 1. The van der Waals surface area contributed by atoms with Gasteiger partial charge in [0.2, 0.25) is 11.1 Å². The van der Waals surface area contributed by atoms with Crippen molar-refractivity contribution in [3.8, 4) is 17.1 Å². The first kappa shape index (κ1) is 20.4. The Morgan fingerprint density at radius 3 is 2.75 bits per heavy atom. The highest BCUT2D eigenvalue weighted by Gasteiger charge is 2.25. The summed E-state index contributed by atoms with van der Waals surface area (Å²) in [6.07, 6.45) is 4.21. The topological polar surface area (TPSA) is 86.3 Å². The molecule has 152 valence electrons. The normalized spacial score (nSPS) is 17.1. The van der Waals surface area contributed by atoms with Crippen LogP contribution < -0.4 is 10.6 Å². The Balaban J connectivity index is 1.63. The Morgan fingerprint density at radius 1 is 1.32 bits per heavy atom. The van der Waals surface area contributed by atoms with Gasteiger partial charge in [0, 0.05) is 18.2 Å². The molecule has 0 aliphatic carbocycles. The molecule has 28 heavy (non-hydrogen) atoms. The van der Waals surface area contributed by atoms with Gasteiger partial charge in [0.05, 0.1) is 5.75 Å². The minimum atomic E-state index is -2.88. The predicted octanol–water partition coefficient (Wildman–Crippen LogP) is 3.14. The summed E-state index contributed by atoms with van der Waals surface area (Å²) in [5.41, 5.74) is 0.608. The minimum Gasteiger partial charge on any atom is -0.435 e. The predicted molar refractivity (Wildman–Crippen MR) is 103 cm³/mol. The van der Waals surface area contributed by atoms with E-state index in [9.17, 15) is 13.6 Å². The first-order chi connectivity index (χ1) is 13.5. The van der Waals surface area contributed by atoms with E-state index in [-0.39, 0.29) is 17.4 Å². The quantitative estimate of drug-likeness (QED) is 0.556. The van der Waals surface area contributed by atoms with Crippen molar-refractivity contribution in [1.29, 1.82) is 0 Å². The first-order valence-electron chi connectivity index (χ1n) is 9.17. The van der Waals surface area contributed by atoms with Crippen LogP contribution in [0.25, 0.3) is 11.4 Å². The molecule has 1 unspecified atom stereocenters. The van der Waals surface area contributed by atoms with Crippen molar-refractivity contribution in [3.63, 3.8) is 0 Å². The van der Waals surface area contributed by atoms with Crippen LogP contribution in [0.3, 0.4) is 0 Å². The highest BCUT2D eigenvalue weighted by Crippen LogP contribution is 2.26. The van der Waals surface area contributed by atoms with Gasteiger partial charge in [-0.2, -0.15) is 8.78 Å². The smallest absolute Gasteiger partial charge is 0.387 e. The van der Waals surface area contributed by atoms with Crippen LogP contribution in [-0.4, -0.2) is 50.6 Å². The first-order valence-corrected chi connectivity index (χ1v) is 10.2. The number of hydrogen-bond acceptors (Lipinski definition) is 6. The van der Waals surface area contributed by atoms with E-state index in [1.807, 2.05) is 4.90 Å². The third-order valence-corrected chi connectivity index (χ3v) is 5.67. The second-order valence-corrected chi connectivity index (χ2v) is 7.46. The van der Waals surface area contributed by atoms with Crippen molar-refractivity contribution in [1.82, 2.24) is 19.8 Å². The standard InChI is InChI=1S/C18H23F2N5O2S/c1-2-13-5-3-4-10-24(13)15(26)11-28-18-23-22-16(25(18)21)12-6-8-14(9-7-12)27-17(19)20/h6-9,13,17H,2-5,10-11,21H2,1H3. The number of benzene rings is 1. The number of carbonyl (C=O) groups is 1.